The van der Waals surface area contributed by atoms with Gasteiger partial charge in [-0.15, -0.1) is 0 Å². The van der Waals surface area contributed by atoms with Crippen molar-refractivity contribution in [2.45, 2.75) is 39.2 Å². The summed E-state index contributed by atoms with van der Waals surface area (Å²) < 4.78 is 0. The van der Waals surface area contributed by atoms with E-state index in [1.807, 2.05) is 0 Å². The van der Waals surface area contributed by atoms with Gasteiger partial charge in [0, 0.05) is 26.2 Å². The zero-order valence-electron chi connectivity index (χ0n) is 11.3. The van der Waals surface area contributed by atoms with Crippen molar-refractivity contribution >= 4 is 0 Å². The van der Waals surface area contributed by atoms with Crippen LogP contribution in [0.4, 0.5) is 0 Å². The van der Waals surface area contributed by atoms with Crippen LogP contribution in [0.15, 0.2) is 0 Å². The molecule has 0 aromatic heterocycles. The zero-order valence-corrected chi connectivity index (χ0v) is 11.3. The number of nitrogens with zero attached hydrogens (tertiary/aromatic N) is 1. The van der Waals surface area contributed by atoms with Crippen LogP contribution < -0.4 is 5.32 Å². The third-order valence-electron chi connectivity index (χ3n) is 3.44. The Labute approximate surface area is 105 Å². The molecule has 102 valence electrons. The molecule has 1 aliphatic rings. The van der Waals surface area contributed by atoms with Gasteiger partial charge < -0.3 is 20.4 Å². The van der Waals surface area contributed by atoms with E-state index in [9.17, 15) is 5.11 Å². The molecule has 0 bridgehead atoms. The Kier molecular flexibility index (Phi) is 6.41. The standard InChI is InChI=1S/C13H28N2O2/c1-13(2,5-8-16)11-14-9-12(17)10-15-6-3-4-7-15/h12,14,16-17H,3-11H2,1-2H3. The van der Waals surface area contributed by atoms with Crippen LogP contribution in [-0.4, -0.2) is 60.5 Å². The van der Waals surface area contributed by atoms with E-state index in [-0.39, 0.29) is 18.1 Å². The topological polar surface area (TPSA) is 55.7 Å². The molecule has 0 saturated carbocycles. The molecule has 0 aromatic rings. The summed E-state index contributed by atoms with van der Waals surface area (Å²) in [5.74, 6) is 0. The van der Waals surface area contributed by atoms with Gasteiger partial charge in [-0.05, 0) is 37.8 Å². The van der Waals surface area contributed by atoms with E-state index in [4.69, 9.17) is 5.11 Å². The molecule has 0 radical (unpaired) electrons. The van der Waals surface area contributed by atoms with Gasteiger partial charge in [-0.3, -0.25) is 0 Å². The zero-order chi connectivity index (χ0) is 12.7. The second kappa shape index (κ2) is 7.31. The van der Waals surface area contributed by atoms with E-state index in [1.165, 1.54) is 12.8 Å². The lowest BCUT2D eigenvalue weighted by molar-refractivity contribution is 0.118. The molecule has 1 saturated heterocycles. The normalized spacial score (nSPS) is 19.8. The molecule has 1 heterocycles. The SMILES string of the molecule is CC(C)(CCO)CNCC(O)CN1CCCC1. The van der Waals surface area contributed by atoms with Crippen LogP contribution in [0, 0.1) is 5.41 Å². The minimum Gasteiger partial charge on any atom is -0.396 e. The minimum absolute atomic E-state index is 0.0993. The van der Waals surface area contributed by atoms with E-state index >= 15 is 0 Å². The summed E-state index contributed by atoms with van der Waals surface area (Å²) in [4.78, 5) is 2.32. The molecule has 17 heavy (non-hydrogen) atoms. The average molecular weight is 244 g/mol. The molecule has 3 N–H and O–H groups in total. The fourth-order valence-electron chi connectivity index (χ4n) is 2.30. The Morgan fingerprint density at radius 3 is 2.53 bits per heavy atom. The first-order valence-electron chi connectivity index (χ1n) is 6.75. The molecule has 0 amide bonds. The molecule has 0 spiro atoms. The summed E-state index contributed by atoms with van der Waals surface area (Å²) in [6.07, 6.45) is 3.05. The van der Waals surface area contributed by atoms with Gasteiger partial charge >= 0.3 is 0 Å². The second-order valence-corrected chi connectivity index (χ2v) is 5.93. The number of hydrogen-bond acceptors (Lipinski definition) is 4. The molecule has 1 rings (SSSR count). The van der Waals surface area contributed by atoms with Gasteiger partial charge in [0.25, 0.3) is 0 Å². The van der Waals surface area contributed by atoms with Crippen molar-refractivity contribution in [2.24, 2.45) is 5.41 Å². The van der Waals surface area contributed by atoms with Gasteiger partial charge in [0.1, 0.15) is 0 Å². The Hall–Kier alpha value is -0.160. The van der Waals surface area contributed by atoms with Crippen molar-refractivity contribution in [3.63, 3.8) is 0 Å². The third kappa shape index (κ3) is 6.36. The molecule has 0 aliphatic carbocycles. The minimum atomic E-state index is -0.280. The number of hydrogen-bond donors (Lipinski definition) is 3. The maximum absolute atomic E-state index is 9.88. The van der Waals surface area contributed by atoms with Crippen LogP contribution in [0.5, 0.6) is 0 Å². The predicted molar refractivity (Wildman–Crippen MR) is 70.0 cm³/mol. The molecule has 1 aliphatic heterocycles. The maximum atomic E-state index is 9.88. The number of rotatable bonds is 8. The lowest BCUT2D eigenvalue weighted by Crippen LogP contribution is -2.40. The highest BCUT2D eigenvalue weighted by Crippen LogP contribution is 2.17. The summed E-state index contributed by atoms with van der Waals surface area (Å²) in [6, 6.07) is 0. The van der Waals surface area contributed by atoms with Gasteiger partial charge in [0.15, 0.2) is 0 Å². The van der Waals surface area contributed by atoms with Crippen LogP contribution in [0.25, 0.3) is 0 Å². The third-order valence-corrected chi connectivity index (χ3v) is 3.44. The summed E-state index contributed by atoms with van der Waals surface area (Å²) in [6.45, 7) is 9.01. The van der Waals surface area contributed by atoms with Gasteiger partial charge in [-0.2, -0.15) is 0 Å². The van der Waals surface area contributed by atoms with Crippen molar-refractivity contribution in [2.75, 3.05) is 39.3 Å². The number of nitrogens with one attached hydrogen (secondary N) is 1. The lowest BCUT2D eigenvalue weighted by Gasteiger charge is -2.25. The maximum Gasteiger partial charge on any atom is 0.0791 e. The first-order valence-corrected chi connectivity index (χ1v) is 6.75. The average Bonchev–Trinajstić information content (AvgIpc) is 2.69. The van der Waals surface area contributed by atoms with E-state index in [0.717, 1.165) is 32.6 Å². The fourth-order valence-corrected chi connectivity index (χ4v) is 2.30. The van der Waals surface area contributed by atoms with Crippen LogP contribution in [0.2, 0.25) is 0 Å². The molecule has 4 nitrogen and oxygen atoms in total. The van der Waals surface area contributed by atoms with Crippen LogP contribution >= 0.6 is 0 Å². The van der Waals surface area contributed by atoms with Crippen LogP contribution in [0.1, 0.15) is 33.1 Å². The smallest absolute Gasteiger partial charge is 0.0791 e. The summed E-state index contributed by atoms with van der Waals surface area (Å²) in [5.41, 5.74) is 0.0993. The van der Waals surface area contributed by atoms with Gasteiger partial charge in [0.2, 0.25) is 0 Å². The number of aliphatic hydroxyl groups is 2. The highest BCUT2D eigenvalue weighted by Gasteiger charge is 2.18. The first-order chi connectivity index (χ1) is 8.03. The molecule has 1 unspecified atom stereocenters. The van der Waals surface area contributed by atoms with Crippen molar-refractivity contribution < 1.29 is 10.2 Å². The molecule has 0 aromatic carbocycles. The Morgan fingerprint density at radius 2 is 1.94 bits per heavy atom. The van der Waals surface area contributed by atoms with Crippen molar-refractivity contribution in [3.8, 4) is 0 Å². The Morgan fingerprint density at radius 1 is 1.29 bits per heavy atom. The Bertz CT molecular complexity index is 204. The lowest BCUT2D eigenvalue weighted by atomic mass is 9.90. The van der Waals surface area contributed by atoms with Gasteiger partial charge in [0.05, 0.1) is 6.10 Å². The molecule has 4 heteroatoms. The van der Waals surface area contributed by atoms with E-state index < -0.39 is 0 Å². The highest BCUT2D eigenvalue weighted by molar-refractivity contribution is 4.75. The summed E-state index contributed by atoms with van der Waals surface area (Å²) in [5, 5.41) is 22.1. The first kappa shape index (κ1) is 14.9. The van der Waals surface area contributed by atoms with Crippen LogP contribution in [0.3, 0.4) is 0 Å². The van der Waals surface area contributed by atoms with Crippen molar-refractivity contribution in [3.05, 3.63) is 0 Å². The second-order valence-electron chi connectivity index (χ2n) is 5.93. The Balaban J connectivity index is 2.08. The fraction of sp³-hybridized carbons (Fsp3) is 1.00. The molecule has 1 atom stereocenters. The quantitative estimate of drug-likeness (QED) is 0.580. The van der Waals surface area contributed by atoms with Crippen molar-refractivity contribution in [1.29, 1.82) is 0 Å². The summed E-state index contributed by atoms with van der Waals surface area (Å²) in [7, 11) is 0. The van der Waals surface area contributed by atoms with E-state index in [0.29, 0.717) is 6.54 Å². The van der Waals surface area contributed by atoms with Crippen LogP contribution in [-0.2, 0) is 0 Å². The van der Waals surface area contributed by atoms with Crippen molar-refractivity contribution in [1.82, 2.24) is 10.2 Å². The van der Waals surface area contributed by atoms with E-state index in [2.05, 4.69) is 24.1 Å². The number of β-amino-alcohol motifs (C(OH)–C–C–N with tert-alkyl or cyclic N) is 1. The molecule has 1 fully saturated rings. The van der Waals surface area contributed by atoms with Gasteiger partial charge in [-0.1, -0.05) is 13.8 Å². The highest BCUT2D eigenvalue weighted by atomic mass is 16.3. The summed E-state index contributed by atoms with van der Waals surface area (Å²) >= 11 is 0. The monoisotopic (exact) mass is 244 g/mol. The predicted octanol–water partition coefficient (Wildman–Crippen LogP) is 0.441. The number of aliphatic hydroxyl groups excluding tert-OH is 2. The largest absolute Gasteiger partial charge is 0.396 e. The molecular weight excluding hydrogens is 216 g/mol. The van der Waals surface area contributed by atoms with E-state index in [1.54, 1.807) is 0 Å². The molecular formula is C13H28N2O2. The number of likely N-dealkylation sites (tertiary alicyclic amines) is 1. The van der Waals surface area contributed by atoms with Gasteiger partial charge in [-0.25, -0.2) is 0 Å².